The Morgan fingerprint density at radius 2 is 1.96 bits per heavy atom. The molecule has 0 fully saturated rings. The number of rotatable bonds is 5. The molecular weight excluding hydrogens is 395 g/mol. The molecule has 11 heteroatoms. The molecule has 0 aliphatic rings. The van der Waals surface area contributed by atoms with Crippen molar-refractivity contribution in [3.8, 4) is 0 Å². The van der Waals surface area contributed by atoms with Crippen molar-refractivity contribution in [3.05, 3.63) is 53.7 Å². The fraction of sp³-hybridized carbons (Fsp3) is 0.176. The topological polar surface area (TPSA) is 88.4 Å². The number of alkyl halides is 3. The molecule has 28 heavy (non-hydrogen) atoms. The summed E-state index contributed by atoms with van der Waals surface area (Å²) >= 11 is 0.949. The van der Waals surface area contributed by atoms with E-state index < -0.39 is 17.6 Å². The summed E-state index contributed by atoms with van der Waals surface area (Å²) in [5.74, 6) is -0.787. The predicted octanol–water partition coefficient (Wildman–Crippen LogP) is 2.84. The van der Waals surface area contributed by atoms with Crippen LogP contribution in [0, 0.1) is 0 Å². The van der Waals surface area contributed by atoms with Crippen molar-refractivity contribution in [1.82, 2.24) is 19.9 Å². The van der Waals surface area contributed by atoms with Crippen LogP contribution >= 0.6 is 11.8 Å². The lowest BCUT2D eigenvalue weighted by molar-refractivity contribution is -0.137. The van der Waals surface area contributed by atoms with E-state index in [1.165, 1.54) is 23.6 Å². The van der Waals surface area contributed by atoms with Crippen molar-refractivity contribution < 1.29 is 22.8 Å². The van der Waals surface area contributed by atoms with Gasteiger partial charge in [0.25, 0.3) is 5.91 Å². The van der Waals surface area contributed by atoms with Gasteiger partial charge < -0.3 is 10.6 Å². The van der Waals surface area contributed by atoms with Gasteiger partial charge in [-0.2, -0.15) is 13.2 Å². The SMILES string of the molecule is CNC(=O)c1cccc(NC(=O)CSc2nnc3ccc(C(F)(F)F)cn23)c1. The summed E-state index contributed by atoms with van der Waals surface area (Å²) in [4.78, 5) is 23.8. The average Bonchev–Trinajstić information content (AvgIpc) is 3.07. The number of halogens is 3. The highest BCUT2D eigenvalue weighted by atomic mass is 32.2. The lowest BCUT2D eigenvalue weighted by Gasteiger charge is -2.08. The maximum atomic E-state index is 12.9. The summed E-state index contributed by atoms with van der Waals surface area (Å²) in [6.07, 6.45) is -3.60. The third-order valence-corrected chi connectivity index (χ3v) is 4.61. The molecule has 2 heterocycles. The van der Waals surface area contributed by atoms with Crippen LogP contribution in [0.1, 0.15) is 15.9 Å². The highest BCUT2D eigenvalue weighted by Crippen LogP contribution is 2.30. The summed E-state index contributed by atoms with van der Waals surface area (Å²) in [7, 11) is 1.50. The van der Waals surface area contributed by atoms with Crippen LogP contribution in [-0.4, -0.2) is 39.2 Å². The van der Waals surface area contributed by atoms with Crippen molar-refractivity contribution in [2.45, 2.75) is 11.3 Å². The molecule has 2 aromatic heterocycles. The third-order valence-electron chi connectivity index (χ3n) is 3.67. The fourth-order valence-electron chi connectivity index (χ4n) is 2.35. The van der Waals surface area contributed by atoms with Crippen molar-refractivity contribution in [3.63, 3.8) is 0 Å². The van der Waals surface area contributed by atoms with Crippen LogP contribution in [0.3, 0.4) is 0 Å². The summed E-state index contributed by atoms with van der Waals surface area (Å²) in [6, 6.07) is 8.50. The Hall–Kier alpha value is -3.08. The van der Waals surface area contributed by atoms with Gasteiger partial charge in [-0.3, -0.25) is 14.0 Å². The van der Waals surface area contributed by atoms with Gasteiger partial charge in [-0.15, -0.1) is 10.2 Å². The summed E-state index contributed by atoms with van der Waals surface area (Å²) < 4.78 is 39.8. The van der Waals surface area contributed by atoms with Crippen LogP contribution in [0.25, 0.3) is 5.65 Å². The van der Waals surface area contributed by atoms with E-state index in [2.05, 4.69) is 20.8 Å². The number of benzene rings is 1. The number of carbonyl (C=O) groups excluding carboxylic acids is 2. The van der Waals surface area contributed by atoms with Gasteiger partial charge in [0.05, 0.1) is 11.3 Å². The van der Waals surface area contributed by atoms with E-state index >= 15 is 0 Å². The highest BCUT2D eigenvalue weighted by molar-refractivity contribution is 7.99. The van der Waals surface area contributed by atoms with Gasteiger partial charge in [0.1, 0.15) is 0 Å². The zero-order chi connectivity index (χ0) is 20.3. The standard InChI is InChI=1S/C17H14F3N5O2S/c1-21-15(27)10-3-2-4-12(7-10)22-14(26)9-28-16-24-23-13-6-5-11(8-25(13)16)17(18,19)20/h2-8H,9H2,1H3,(H,21,27)(H,22,26). The molecule has 7 nitrogen and oxygen atoms in total. The van der Waals surface area contributed by atoms with E-state index in [0.29, 0.717) is 11.3 Å². The number of amides is 2. The minimum Gasteiger partial charge on any atom is -0.355 e. The molecule has 0 unspecified atom stereocenters. The second kappa shape index (κ2) is 7.89. The van der Waals surface area contributed by atoms with E-state index in [4.69, 9.17) is 0 Å². The Morgan fingerprint density at radius 3 is 2.68 bits per heavy atom. The second-order valence-corrected chi connectivity index (χ2v) is 6.57. The van der Waals surface area contributed by atoms with E-state index in [1.807, 2.05) is 0 Å². The number of anilines is 1. The van der Waals surface area contributed by atoms with E-state index in [1.54, 1.807) is 18.2 Å². The number of hydrogen-bond donors (Lipinski definition) is 2. The minimum atomic E-state index is -4.49. The molecule has 0 spiro atoms. The zero-order valence-corrected chi connectivity index (χ0v) is 15.3. The molecule has 0 saturated heterocycles. The first-order valence-electron chi connectivity index (χ1n) is 7.94. The molecular formula is C17H14F3N5O2S. The fourth-order valence-corrected chi connectivity index (χ4v) is 3.06. The Morgan fingerprint density at radius 1 is 1.18 bits per heavy atom. The quantitative estimate of drug-likeness (QED) is 0.633. The number of nitrogens with zero attached hydrogens (tertiary/aromatic N) is 3. The first-order valence-corrected chi connectivity index (χ1v) is 8.93. The number of thioether (sulfide) groups is 1. The monoisotopic (exact) mass is 409 g/mol. The van der Waals surface area contributed by atoms with Crippen molar-refractivity contribution in [2.24, 2.45) is 0 Å². The van der Waals surface area contributed by atoms with Crippen LogP contribution < -0.4 is 10.6 Å². The van der Waals surface area contributed by atoms with Gasteiger partial charge in [-0.25, -0.2) is 0 Å². The maximum absolute atomic E-state index is 12.9. The molecule has 0 bridgehead atoms. The van der Waals surface area contributed by atoms with E-state index in [0.717, 1.165) is 24.0 Å². The first kappa shape index (κ1) is 19.7. The Bertz CT molecular complexity index is 1040. The van der Waals surface area contributed by atoms with Crippen LogP contribution in [0.5, 0.6) is 0 Å². The molecule has 0 aliphatic carbocycles. The van der Waals surface area contributed by atoms with Crippen molar-refractivity contribution in [1.29, 1.82) is 0 Å². The summed E-state index contributed by atoms with van der Waals surface area (Å²) in [6.45, 7) is 0. The molecule has 0 atom stereocenters. The van der Waals surface area contributed by atoms with Crippen LogP contribution in [0.2, 0.25) is 0 Å². The van der Waals surface area contributed by atoms with Crippen LogP contribution in [0.15, 0.2) is 47.8 Å². The molecule has 2 amide bonds. The Labute approximate surface area is 161 Å². The number of nitrogens with one attached hydrogen (secondary N) is 2. The lowest BCUT2D eigenvalue weighted by Crippen LogP contribution is -2.19. The predicted molar refractivity (Wildman–Crippen MR) is 97.2 cm³/mol. The lowest BCUT2D eigenvalue weighted by atomic mass is 10.2. The van der Waals surface area contributed by atoms with Crippen molar-refractivity contribution >= 4 is 34.9 Å². The van der Waals surface area contributed by atoms with Gasteiger partial charge in [0, 0.05) is 24.5 Å². The molecule has 146 valence electrons. The molecule has 2 N–H and O–H groups in total. The van der Waals surface area contributed by atoms with Gasteiger partial charge in [0.2, 0.25) is 5.91 Å². The largest absolute Gasteiger partial charge is 0.417 e. The smallest absolute Gasteiger partial charge is 0.355 e. The molecule has 0 saturated carbocycles. The highest BCUT2D eigenvalue weighted by Gasteiger charge is 2.31. The maximum Gasteiger partial charge on any atom is 0.417 e. The molecule has 3 aromatic rings. The molecule has 1 aromatic carbocycles. The summed E-state index contributed by atoms with van der Waals surface area (Å²) in [5.41, 5.74) is 0.222. The Kier molecular flexibility index (Phi) is 5.54. The van der Waals surface area contributed by atoms with Gasteiger partial charge in [-0.05, 0) is 30.3 Å². The van der Waals surface area contributed by atoms with E-state index in [9.17, 15) is 22.8 Å². The summed E-state index contributed by atoms with van der Waals surface area (Å²) in [5, 5.41) is 12.9. The first-order chi connectivity index (χ1) is 13.3. The van der Waals surface area contributed by atoms with E-state index in [-0.39, 0.29) is 22.5 Å². The zero-order valence-electron chi connectivity index (χ0n) is 14.4. The molecule has 0 radical (unpaired) electrons. The van der Waals surface area contributed by atoms with Gasteiger partial charge in [-0.1, -0.05) is 17.8 Å². The van der Waals surface area contributed by atoms with Crippen LogP contribution in [0.4, 0.5) is 18.9 Å². The number of hydrogen-bond acceptors (Lipinski definition) is 5. The van der Waals surface area contributed by atoms with Crippen LogP contribution in [-0.2, 0) is 11.0 Å². The Balaban J connectivity index is 1.69. The molecule has 3 rings (SSSR count). The third kappa shape index (κ3) is 4.42. The molecule has 0 aliphatic heterocycles. The number of fused-ring (bicyclic) bond motifs is 1. The number of aromatic nitrogens is 3. The minimum absolute atomic E-state index is 0.0960. The number of carbonyl (C=O) groups is 2. The second-order valence-electron chi connectivity index (χ2n) is 5.62. The average molecular weight is 409 g/mol. The number of pyridine rings is 1. The normalized spacial score (nSPS) is 11.4. The van der Waals surface area contributed by atoms with Crippen molar-refractivity contribution in [2.75, 3.05) is 18.1 Å². The van der Waals surface area contributed by atoms with Gasteiger partial charge in [0.15, 0.2) is 10.8 Å². The van der Waals surface area contributed by atoms with Gasteiger partial charge >= 0.3 is 6.18 Å².